The van der Waals surface area contributed by atoms with E-state index < -0.39 is 17.4 Å². The minimum atomic E-state index is -1.18. The standard InChI is InChI=1S/C16H22N2O4/c1-4-10-18(11-13(19)20)15(22)16(2,3)17-14(21)12-8-6-5-7-9-12/h5-9H,4,10-11H2,1-3H3,(H,17,21)(H,19,20). The third kappa shape index (κ3) is 4.87. The van der Waals surface area contributed by atoms with Crippen molar-refractivity contribution in [2.24, 2.45) is 0 Å². The first-order valence-electron chi connectivity index (χ1n) is 7.16. The number of nitrogens with zero attached hydrogens (tertiary/aromatic N) is 1. The lowest BCUT2D eigenvalue weighted by atomic mass is 10.0. The highest BCUT2D eigenvalue weighted by molar-refractivity contribution is 5.99. The second-order valence-electron chi connectivity index (χ2n) is 5.57. The summed E-state index contributed by atoms with van der Waals surface area (Å²) in [4.78, 5) is 36.8. The number of carboxylic acid groups (broad SMARTS) is 1. The summed E-state index contributed by atoms with van der Waals surface area (Å²) in [6.07, 6.45) is 0.641. The Morgan fingerprint density at radius 3 is 2.27 bits per heavy atom. The van der Waals surface area contributed by atoms with E-state index in [1.54, 1.807) is 44.2 Å². The van der Waals surface area contributed by atoms with Gasteiger partial charge in [0.05, 0.1) is 0 Å². The van der Waals surface area contributed by atoms with Gasteiger partial charge in [0, 0.05) is 12.1 Å². The third-order valence-electron chi connectivity index (χ3n) is 3.10. The fourth-order valence-corrected chi connectivity index (χ4v) is 2.08. The third-order valence-corrected chi connectivity index (χ3v) is 3.10. The van der Waals surface area contributed by atoms with E-state index in [-0.39, 0.29) is 12.5 Å². The van der Waals surface area contributed by atoms with Crippen molar-refractivity contribution in [3.05, 3.63) is 35.9 Å². The highest BCUT2D eigenvalue weighted by atomic mass is 16.4. The lowest BCUT2D eigenvalue weighted by Crippen LogP contribution is -2.56. The minimum absolute atomic E-state index is 0.329. The zero-order chi connectivity index (χ0) is 16.8. The molecule has 0 aliphatic rings. The maximum Gasteiger partial charge on any atom is 0.323 e. The van der Waals surface area contributed by atoms with Gasteiger partial charge in [-0.25, -0.2) is 0 Å². The van der Waals surface area contributed by atoms with E-state index in [0.29, 0.717) is 18.5 Å². The molecule has 1 aromatic carbocycles. The summed E-state index contributed by atoms with van der Waals surface area (Å²) < 4.78 is 0. The van der Waals surface area contributed by atoms with Gasteiger partial charge < -0.3 is 15.3 Å². The molecule has 6 nitrogen and oxygen atoms in total. The molecular formula is C16H22N2O4. The summed E-state index contributed by atoms with van der Waals surface area (Å²) in [5, 5.41) is 11.6. The molecule has 0 aliphatic heterocycles. The van der Waals surface area contributed by atoms with Gasteiger partial charge in [0.2, 0.25) is 5.91 Å². The van der Waals surface area contributed by atoms with Gasteiger partial charge in [0.25, 0.3) is 5.91 Å². The second-order valence-corrected chi connectivity index (χ2v) is 5.57. The monoisotopic (exact) mass is 306 g/mol. The first-order chi connectivity index (χ1) is 10.3. The van der Waals surface area contributed by atoms with Crippen LogP contribution in [0.25, 0.3) is 0 Å². The molecule has 0 unspecified atom stereocenters. The second kappa shape index (κ2) is 7.59. The van der Waals surface area contributed by atoms with Crippen molar-refractivity contribution in [3.63, 3.8) is 0 Å². The number of rotatable bonds is 7. The molecule has 0 aliphatic carbocycles. The normalized spacial score (nSPS) is 10.9. The summed E-state index contributed by atoms with van der Waals surface area (Å²) in [5.74, 6) is -1.86. The molecule has 6 heteroatoms. The van der Waals surface area contributed by atoms with Gasteiger partial charge in [-0.15, -0.1) is 0 Å². The maximum absolute atomic E-state index is 12.5. The highest BCUT2D eigenvalue weighted by Crippen LogP contribution is 2.11. The van der Waals surface area contributed by atoms with Crippen LogP contribution in [0.4, 0.5) is 0 Å². The molecule has 0 spiro atoms. The largest absolute Gasteiger partial charge is 0.480 e. The van der Waals surface area contributed by atoms with Crippen LogP contribution in [-0.2, 0) is 9.59 Å². The molecule has 2 amide bonds. The fourth-order valence-electron chi connectivity index (χ4n) is 2.08. The number of carbonyl (C=O) groups is 3. The van der Waals surface area contributed by atoms with Gasteiger partial charge >= 0.3 is 5.97 Å². The van der Waals surface area contributed by atoms with Crippen LogP contribution >= 0.6 is 0 Å². The molecule has 0 heterocycles. The van der Waals surface area contributed by atoms with Crippen molar-refractivity contribution in [1.82, 2.24) is 10.2 Å². The first-order valence-corrected chi connectivity index (χ1v) is 7.16. The molecule has 0 bridgehead atoms. The predicted molar refractivity (Wildman–Crippen MR) is 82.5 cm³/mol. The summed E-state index contributed by atoms with van der Waals surface area (Å²) in [7, 11) is 0. The fraction of sp³-hybridized carbons (Fsp3) is 0.438. The molecule has 0 aromatic heterocycles. The number of hydrogen-bond donors (Lipinski definition) is 2. The highest BCUT2D eigenvalue weighted by Gasteiger charge is 2.34. The van der Waals surface area contributed by atoms with E-state index in [0.717, 1.165) is 0 Å². The van der Waals surface area contributed by atoms with Crippen LogP contribution in [0.2, 0.25) is 0 Å². The molecule has 1 aromatic rings. The molecule has 0 radical (unpaired) electrons. The average Bonchev–Trinajstić information content (AvgIpc) is 2.46. The number of benzene rings is 1. The first kappa shape index (κ1) is 17.7. The van der Waals surface area contributed by atoms with E-state index in [4.69, 9.17) is 5.11 Å². The van der Waals surface area contributed by atoms with E-state index >= 15 is 0 Å². The van der Waals surface area contributed by atoms with Crippen LogP contribution < -0.4 is 5.32 Å². The number of hydrogen-bond acceptors (Lipinski definition) is 3. The summed E-state index contributed by atoms with van der Waals surface area (Å²) >= 11 is 0. The zero-order valence-corrected chi connectivity index (χ0v) is 13.1. The molecule has 0 saturated carbocycles. The van der Waals surface area contributed by atoms with Crippen molar-refractivity contribution in [2.45, 2.75) is 32.7 Å². The minimum Gasteiger partial charge on any atom is -0.480 e. The summed E-state index contributed by atoms with van der Waals surface area (Å²) in [6, 6.07) is 8.56. The molecule has 1 rings (SSSR count). The quantitative estimate of drug-likeness (QED) is 0.799. The van der Waals surface area contributed by atoms with Crippen LogP contribution in [0.15, 0.2) is 30.3 Å². The van der Waals surface area contributed by atoms with E-state index in [9.17, 15) is 14.4 Å². The topological polar surface area (TPSA) is 86.7 Å². The predicted octanol–water partition coefficient (Wildman–Crippen LogP) is 1.52. The van der Waals surface area contributed by atoms with Gasteiger partial charge in [0.15, 0.2) is 0 Å². The van der Waals surface area contributed by atoms with Crippen molar-refractivity contribution >= 4 is 17.8 Å². The Bertz CT molecular complexity index is 540. The van der Waals surface area contributed by atoms with E-state index in [2.05, 4.69) is 5.32 Å². The van der Waals surface area contributed by atoms with Gasteiger partial charge in [-0.1, -0.05) is 25.1 Å². The molecule has 0 atom stereocenters. The van der Waals surface area contributed by atoms with Crippen molar-refractivity contribution < 1.29 is 19.5 Å². The lowest BCUT2D eigenvalue weighted by molar-refractivity contribution is -0.146. The lowest BCUT2D eigenvalue weighted by Gasteiger charge is -2.31. The Morgan fingerprint density at radius 1 is 1.18 bits per heavy atom. The maximum atomic E-state index is 12.5. The molecule has 0 fully saturated rings. The van der Waals surface area contributed by atoms with Crippen LogP contribution in [-0.4, -0.2) is 46.4 Å². The summed E-state index contributed by atoms with van der Waals surface area (Å²) in [6.45, 7) is 4.95. The van der Waals surface area contributed by atoms with Gasteiger partial charge in [0.1, 0.15) is 12.1 Å². The Balaban J connectivity index is 2.84. The van der Waals surface area contributed by atoms with Gasteiger partial charge in [-0.2, -0.15) is 0 Å². The van der Waals surface area contributed by atoms with E-state index in [1.807, 2.05) is 6.92 Å². The number of nitrogens with one attached hydrogen (secondary N) is 1. The molecule has 0 saturated heterocycles. The molecule has 2 N–H and O–H groups in total. The SMILES string of the molecule is CCCN(CC(=O)O)C(=O)C(C)(C)NC(=O)c1ccccc1. The van der Waals surface area contributed by atoms with Gasteiger partial charge in [-0.3, -0.25) is 14.4 Å². The molecule has 120 valence electrons. The van der Waals surface area contributed by atoms with Crippen LogP contribution in [0.1, 0.15) is 37.6 Å². The number of aliphatic carboxylic acids is 1. The van der Waals surface area contributed by atoms with Crippen molar-refractivity contribution in [2.75, 3.05) is 13.1 Å². The smallest absolute Gasteiger partial charge is 0.323 e. The van der Waals surface area contributed by atoms with E-state index in [1.165, 1.54) is 4.90 Å². The zero-order valence-electron chi connectivity index (χ0n) is 13.1. The van der Waals surface area contributed by atoms with Crippen LogP contribution in [0, 0.1) is 0 Å². The van der Waals surface area contributed by atoms with Gasteiger partial charge in [-0.05, 0) is 32.4 Å². The molecular weight excluding hydrogens is 284 g/mol. The van der Waals surface area contributed by atoms with Crippen LogP contribution in [0.3, 0.4) is 0 Å². The van der Waals surface area contributed by atoms with Crippen LogP contribution in [0.5, 0.6) is 0 Å². The Morgan fingerprint density at radius 2 is 1.77 bits per heavy atom. The van der Waals surface area contributed by atoms with Crippen molar-refractivity contribution in [1.29, 1.82) is 0 Å². The number of carbonyl (C=O) groups excluding carboxylic acids is 2. The summed E-state index contributed by atoms with van der Waals surface area (Å²) in [5.41, 5.74) is -0.735. The number of amides is 2. The van der Waals surface area contributed by atoms with Crippen molar-refractivity contribution in [3.8, 4) is 0 Å². The Labute approximate surface area is 130 Å². The molecule has 22 heavy (non-hydrogen) atoms. The Hall–Kier alpha value is -2.37. The Kier molecular flexibility index (Phi) is 6.10. The average molecular weight is 306 g/mol. The number of carboxylic acids is 1.